The summed E-state index contributed by atoms with van der Waals surface area (Å²) in [4.78, 5) is 27.0. The topological polar surface area (TPSA) is 75.2 Å². The third kappa shape index (κ3) is 5.14. The summed E-state index contributed by atoms with van der Waals surface area (Å²) in [6.07, 6.45) is 7.40. The second-order valence-corrected chi connectivity index (χ2v) is 9.37. The molecule has 0 radical (unpaired) electrons. The fourth-order valence-electron chi connectivity index (χ4n) is 4.21. The van der Waals surface area contributed by atoms with Gasteiger partial charge in [0.25, 0.3) is 5.91 Å². The molecule has 2 fully saturated rings. The fraction of sp³-hybridized carbons (Fsp3) is 0.524. The van der Waals surface area contributed by atoms with E-state index in [1.807, 2.05) is 4.90 Å². The van der Waals surface area contributed by atoms with Crippen LogP contribution in [0.25, 0.3) is 0 Å². The number of piperidine rings is 1. The highest BCUT2D eigenvalue weighted by molar-refractivity contribution is 7.13. The Kier molecular flexibility index (Phi) is 6.45. The number of amides is 2. The van der Waals surface area contributed by atoms with Gasteiger partial charge >= 0.3 is 0 Å². The number of carbonyl (C=O) groups excluding carboxylic acids is 2. The lowest BCUT2D eigenvalue weighted by atomic mass is 9.96. The van der Waals surface area contributed by atoms with Crippen LogP contribution in [-0.4, -0.2) is 40.0 Å². The lowest BCUT2D eigenvalue weighted by Gasteiger charge is -2.31. The molecule has 154 valence electrons. The van der Waals surface area contributed by atoms with Crippen LogP contribution in [0, 0.1) is 5.92 Å². The predicted molar refractivity (Wildman–Crippen MR) is 114 cm³/mol. The first kappa shape index (κ1) is 20.3. The monoisotopic (exact) mass is 432 g/mol. The Balaban J connectivity index is 1.29. The molecule has 1 saturated heterocycles. The van der Waals surface area contributed by atoms with Crippen molar-refractivity contribution in [2.24, 2.45) is 5.92 Å². The van der Waals surface area contributed by atoms with Crippen LogP contribution in [0.5, 0.6) is 0 Å². The molecule has 1 aliphatic carbocycles. The van der Waals surface area contributed by atoms with Gasteiger partial charge in [0.1, 0.15) is 5.01 Å². The van der Waals surface area contributed by atoms with Gasteiger partial charge in [-0.15, -0.1) is 10.2 Å². The zero-order chi connectivity index (χ0) is 20.2. The van der Waals surface area contributed by atoms with Crippen molar-refractivity contribution in [3.05, 3.63) is 39.3 Å². The van der Waals surface area contributed by atoms with E-state index in [-0.39, 0.29) is 11.8 Å². The lowest BCUT2D eigenvalue weighted by molar-refractivity contribution is -0.133. The number of hydrogen-bond donors (Lipinski definition) is 1. The summed E-state index contributed by atoms with van der Waals surface area (Å²) in [5.74, 6) is 0.870. The molecule has 1 saturated carbocycles. The van der Waals surface area contributed by atoms with Crippen molar-refractivity contribution in [3.63, 3.8) is 0 Å². The van der Waals surface area contributed by atoms with Crippen molar-refractivity contribution in [3.8, 4) is 0 Å². The minimum absolute atomic E-state index is 0.260. The van der Waals surface area contributed by atoms with E-state index in [0.717, 1.165) is 30.9 Å². The zero-order valence-corrected chi connectivity index (χ0v) is 17.8. The van der Waals surface area contributed by atoms with Crippen LogP contribution in [0.15, 0.2) is 24.3 Å². The van der Waals surface area contributed by atoms with Crippen LogP contribution < -0.4 is 5.32 Å². The molecular weight excluding hydrogens is 408 g/mol. The highest BCUT2D eigenvalue weighted by Crippen LogP contribution is 2.32. The Hall–Kier alpha value is -1.99. The van der Waals surface area contributed by atoms with Gasteiger partial charge < -0.3 is 10.2 Å². The van der Waals surface area contributed by atoms with Gasteiger partial charge in [-0.05, 0) is 49.8 Å². The number of aromatic nitrogens is 2. The first-order chi connectivity index (χ1) is 14.1. The minimum Gasteiger partial charge on any atom is -0.343 e. The van der Waals surface area contributed by atoms with Crippen molar-refractivity contribution >= 4 is 40.4 Å². The average molecular weight is 433 g/mol. The normalized spacial score (nSPS) is 18.2. The number of hydrogen-bond acceptors (Lipinski definition) is 5. The van der Waals surface area contributed by atoms with E-state index in [1.165, 1.54) is 37.0 Å². The number of anilines is 1. The number of carbonyl (C=O) groups is 2. The molecule has 8 heteroatoms. The van der Waals surface area contributed by atoms with Gasteiger partial charge in [0.15, 0.2) is 0 Å². The third-order valence-corrected chi connectivity index (χ3v) is 7.17. The highest BCUT2D eigenvalue weighted by Gasteiger charge is 2.28. The summed E-state index contributed by atoms with van der Waals surface area (Å²) in [6, 6.07) is 7.01. The highest BCUT2D eigenvalue weighted by atomic mass is 35.5. The van der Waals surface area contributed by atoms with Gasteiger partial charge in [0.2, 0.25) is 10.9 Å². The minimum atomic E-state index is -0.278. The molecule has 2 aromatic rings. The Morgan fingerprint density at radius 1 is 1.14 bits per heavy atom. The Labute approximate surface area is 179 Å². The number of nitrogens with zero attached hydrogens (tertiary/aromatic N) is 3. The second-order valence-electron chi connectivity index (χ2n) is 7.92. The molecule has 1 aromatic heterocycles. The fourth-order valence-corrected chi connectivity index (χ4v) is 5.31. The summed E-state index contributed by atoms with van der Waals surface area (Å²) < 4.78 is 0. The maximum Gasteiger partial charge on any atom is 0.286 e. The summed E-state index contributed by atoms with van der Waals surface area (Å²) in [5.41, 5.74) is 0.633. The summed E-state index contributed by atoms with van der Waals surface area (Å²) in [7, 11) is 0. The van der Waals surface area contributed by atoms with Gasteiger partial charge in [0, 0.05) is 36.1 Å². The number of benzene rings is 1. The smallest absolute Gasteiger partial charge is 0.286 e. The first-order valence-corrected chi connectivity index (χ1v) is 11.5. The Morgan fingerprint density at radius 3 is 2.62 bits per heavy atom. The van der Waals surface area contributed by atoms with Crippen LogP contribution in [0.3, 0.4) is 0 Å². The summed E-state index contributed by atoms with van der Waals surface area (Å²) in [5, 5.41) is 12.9. The second kappa shape index (κ2) is 9.22. The first-order valence-electron chi connectivity index (χ1n) is 10.3. The van der Waals surface area contributed by atoms with Crippen molar-refractivity contribution in [2.75, 3.05) is 18.4 Å². The quantitative estimate of drug-likeness (QED) is 0.741. The molecule has 2 aliphatic rings. The Bertz CT molecular complexity index is 873. The standard InChI is InChI=1S/C21H25ClN4O2S/c22-16-6-3-7-17(13-16)23-19(28)21-25-24-20(29-21)15-8-10-26(11-9-15)18(27)12-14-4-1-2-5-14/h3,6-7,13-15H,1-2,4-5,8-12H2,(H,23,28). The van der Waals surface area contributed by atoms with Crippen molar-refractivity contribution in [1.29, 1.82) is 0 Å². The van der Waals surface area contributed by atoms with Crippen LogP contribution in [0.1, 0.15) is 65.7 Å². The molecule has 0 spiro atoms. The van der Waals surface area contributed by atoms with Crippen LogP contribution in [0.2, 0.25) is 5.02 Å². The number of halogens is 1. The maximum absolute atomic E-state index is 12.5. The predicted octanol–water partition coefficient (Wildman–Crippen LogP) is 4.73. The van der Waals surface area contributed by atoms with E-state index in [9.17, 15) is 9.59 Å². The third-order valence-electron chi connectivity index (χ3n) is 5.85. The average Bonchev–Trinajstić information content (AvgIpc) is 3.40. The SMILES string of the molecule is O=C(Nc1cccc(Cl)c1)c1nnc(C2CCN(C(=O)CC3CCCC3)CC2)s1. The zero-order valence-electron chi connectivity index (χ0n) is 16.3. The largest absolute Gasteiger partial charge is 0.343 e. The molecule has 4 rings (SSSR count). The molecule has 1 aliphatic heterocycles. The molecule has 1 aromatic carbocycles. The number of rotatable bonds is 5. The molecule has 0 unspecified atom stereocenters. The van der Waals surface area contributed by atoms with E-state index in [1.54, 1.807) is 24.3 Å². The Morgan fingerprint density at radius 2 is 1.90 bits per heavy atom. The summed E-state index contributed by atoms with van der Waals surface area (Å²) in [6.45, 7) is 1.53. The van der Waals surface area contributed by atoms with Crippen molar-refractivity contribution in [2.45, 2.75) is 50.9 Å². The van der Waals surface area contributed by atoms with E-state index in [2.05, 4.69) is 15.5 Å². The van der Waals surface area contributed by atoms with Crippen LogP contribution >= 0.6 is 22.9 Å². The maximum atomic E-state index is 12.5. The van der Waals surface area contributed by atoms with E-state index < -0.39 is 0 Å². The van der Waals surface area contributed by atoms with Gasteiger partial charge in [-0.3, -0.25) is 9.59 Å². The van der Waals surface area contributed by atoms with Crippen molar-refractivity contribution in [1.82, 2.24) is 15.1 Å². The van der Waals surface area contributed by atoms with Gasteiger partial charge in [0.05, 0.1) is 0 Å². The van der Waals surface area contributed by atoms with Crippen LogP contribution in [-0.2, 0) is 4.79 Å². The van der Waals surface area contributed by atoms with Gasteiger partial charge in [-0.1, -0.05) is 41.8 Å². The molecule has 29 heavy (non-hydrogen) atoms. The molecule has 2 heterocycles. The molecule has 0 atom stereocenters. The van der Waals surface area contributed by atoms with Crippen molar-refractivity contribution < 1.29 is 9.59 Å². The number of likely N-dealkylation sites (tertiary alicyclic amines) is 1. The van der Waals surface area contributed by atoms with Crippen LogP contribution in [0.4, 0.5) is 5.69 Å². The molecular formula is C21H25ClN4O2S. The van der Waals surface area contributed by atoms with Gasteiger partial charge in [-0.2, -0.15) is 0 Å². The molecule has 0 bridgehead atoms. The van der Waals surface area contributed by atoms with E-state index in [0.29, 0.717) is 34.0 Å². The number of nitrogens with one attached hydrogen (secondary N) is 1. The molecule has 2 amide bonds. The summed E-state index contributed by atoms with van der Waals surface area (Å²) >= 11 is 7.29. The molecule has 1 N–H and O–H groups in total. The molecule has 6 nitrogen and oxygen atoms in total. The van der Waals surface area contributed by atoms with E-state index in [4.69, 9.17) is 11.6 Å². The van der Waals surface area contributed by atoms with Gasteiger partial charge in [-0.25, -0.2) is 0 Å². The van der Waals surface area contributed by atoms with E-state index >= 15 is 0 Å². The lowest BCUT2D eigenvalue weighted by Crippen LogP contribution is -2.38.